The van der Waals surface area contributed by atoms with Gasteiger partial charge in [-0.25, -0.2) is 13.6 Å². The minimum Gasteiger partial charge on any atom is -0.478 e. The smallest absolute Gasteiger partial charge is 0.335 e. The van der Waals surface area contributed by atoms with Crippen molar-refractivity contribution < 1.29 is 23.1 Å². The fourth-order valence-electron chi connectivity index (χ4n) is 2.14. The van der Waals surface area contributed by atoms with Crippen molar-refractivity contribution in [1.82, 2.24) is 10.2 Å². The maximum Gasteiger partial charge on any atom is 0.335 e. The van der Waals surface area contributed by atoms with Gasteiger partial charge in [-0.2, -0.15) is 0 Å². The molecule has 0 radical (unpaired) electrons. The molecule has 2 aromatic carbocycles. The minimum absolute atomic E-state index is 0.110. The molecule has 1 heterocycles. The lowest BCUT2D eigenvalue weighted by atomic mass is 10.1. The Morgan fingerprint density at radius 3 is 2.25 bits per heavy atom. The van der Waals surface area contributed by atoms with Crippen molar-refractivity contribution in [3.05, 3.63) is 59.7 Å². The number of rotatable bonds is 4. The van der Waals surface area contributed by atoms with Crippen LogP contribution in [-0.4, -0.2) is 21.3 Å². The molecule has 3 aromatic rings. The van der Waals surface area contributed by atoms with Gasteiger partial charge >= 0.3 is 5.97 Å². The number of carboxylic acid groups (broad SMARTS) is 1. The Kier molecular flexibility index (Phi) is 3.84. The Hall–Kier alpha value is -3.09. The molecule has 24 heavy (non-hydrogen) atoms. The number of nitrogens with zero attached hydrogens (tertiary/aromatic N) is 2. The molecular formula is C17H12F2N2O3. The topological polar surface area (TPSA) is 76.2 Å². The number of carbonyl (C=O) groups is 1. The molecule has 5 nitrogen and oxygen atoms in total. The van der Waals surface area contributed by atoms with Gasteiger partial charge in [-0.3, -0.25) is 0 Å². The van der Waals surface area contributed by atoms with Crippen LogP contribution in [0, 0.1) is 0 Å². The van der Waals surface area contributed by atoms with Gasteiger partial charge in [0.2, 0.25) is 11.8 Å². The van der Waals surface area contributed by atoms with Crippen LogP contribution in [0.1, 0.15) is 22.8 Å². The number of aromatic carboxylic acids is 1. The summed E-state index contributed by atoms with van der Waals surface area (Å²) in [5, 5.41) is 16.6. The number of alkyl halides is 2. The van der Waals surface area contributed by atoms with Crippen LogP contribution in [0.3, 0.4) is 0 Å². The van der Waals surface area contributed by atoms with E-state index >= 15 is 0 Å². The second kappa shape index (κ2) is 5.84. The van der Waals surface area contributed by atoms with Crippen LogP contribution in [0.15, 0.2) is 52.9 Å². The summed E-state index contributed by atoms with van der Waals surface area (Å²) in [5.74, 6) is -3.72. The molecule has 0 atom stereocenters. The first kappa shape index (κ1) is 15.8. The van der Waals surface area contributed by atoms with E-state index < -0.39 is 11.9 Å². The van der Waals surface area contributed by atoms with Crippen LogP contribution in [0.5, 0.6) is 0 Å². The summed E-state index contributed by atoms with van der Waals surface area (Å²) in [6.45, 7) is 0.815. The summed E-state index contributed by atoms with van der Waals surface area (Å²) in [7, 11) is 0. The van der Waals surface area contributed by atoms with Crippen LogP contribution in [-0.2, 0) is 5.92 Å². The summed E-state index contributed by atoms with van der Waals surface area (Å²) in [5.41, 5.74) is 0.910. The normalized spacial score (nSPS) is 11.5. The van der Waals surface area contributed by atoms with Crippen LogP contribution < -0.4 is 0 Å². The Morgan fingerprint density at radius 2 is 1.67 bits per heavy atom. The number of aromatic nitrogens is 2. The third kappa shape index (κ3) is 3.15. The monoisotopic (exact) mass is 330 g/mol. The van der Waals surface area contributed by atoms with E-state index in [9.17, 15) is 13.6 Å². The lowest BCUT2D eigenvalue weighted by Gasteiger charge is -2.10. The Labute approximate surface area is 135 Å². The van der Waals surface area contributed by atoms with E-state index in [1.165, 1.54) is 42.5 Å². The van der Waals surface area contributed by atoms with Gasteiger partial charge in [-0.05, 0) is 36.4 Å². The maximum absolute atomic E-state index is 13.4. The zero-order valence-corrected chi connectivity index (χ0v) is 12.5. The number of halogens is 2. The predicted octanol–water partition coefficient (Wildman–Crippen LogP) is 4.21. The SMILES string of the molecule is CC(F)(F)c1cccc(-c2nnc(-c3ccc(C(=O)O)cc3)o2)c1. The van der Waals surface area contributed by atoms with Crippen molar-refractivity contribution >= 4 is 5.97 Å². The van der Waals surface area contributed by atoms with E-state index in [0.29, 0.717) is 11.1 Å². The van der Waals surface area contributed by atoms with Crippen molar-refractivity contribution in [1.29, 1.82) is 0 Å². The minimum atomic E-state index is -2.97. The highest BCUT2D eigenvalue weighted by atomic mass is 19.3. The highest BCUT2D eigenvalue weighted by Gasteiger charge is 2.25. The third-order valence-corrected chi connectivity index (χ3v) is 3.42. The number of benzene rings is 2. The number of carboxylic acids is 1. The van der Waals surface area contributed by atoms with Gasteiger partial charge in [-0.1, -0.05) is 12.1 Å². The molecule has 7 heteroatoms. The molecule has 0 aliphatic carbocycles. The van der Waals surface area contributed by atoms with Crippen molar-refractivity contribution in [2.24, 2.45) is 0 Å². The highest BCUT2D eigenvalue weighted by Crippen LogP contribution is 2.31. The van der Waals surface area contributed by atoms with Crippen LogP contribution in [0.2, 0.25) is 0 Å². The van der Waals surface area contributed by atoms with Crippen molar-refractivity contribution in [3.63, 3.8) is 0 Å². The Morgan fingerprint density at radius 1 is 1.04 bits per heavy atom. The quantitative estimate of drug-likeness (QED) is 0.775. The number of hydrogen-bond acceptors (Lipinski definition) is 4. The lowest BCUT2D eigenvalue weighted by molar-refractivity contribution is 0.0175. The molecule has 122 valence electrons. The first-order valence-corrected chi connectivity index (χ1v) is 7.00. The average molecular weight is 330 g/mol. The molecule has 0 amide bonds. The van der Waals surface area contributed by atoms with Crippen LogP contribution >= 0.6 is 0 Å². The van der Waals surface area contributed by atoms with Gasteiger partial charge in [0, 0.05) is 23.6 Å². The summed E-state index contributed by atoms with van der Waals surface area (Å²) in [6, 6.07) is 11.6. The summed E-state index contributed by atoms with van der Waals surface area (Å²) in [6.07, 6.45) is 0. The van der Waals surface area contributed by atoms with Gasteiger partial charge in [0.05, 0.1) is 5.56 Å². The first-order valence-electron chi connectivity index (χ1n) is 7.00. The van der Waals surface area contributed by atoms with Crippen LogP contribution in [0.25, 0.3) is 22.9 Å². The van der Waals surface area contributed by atoms with E-state index in [0.717, 1.165) is 6.92 Å². The van der Waals surface area contributed by atoms with E-state index in [1.54, 1.807) is 6.07 Å². The number of hydrogen-bond donors (Lipinski definition) is 1. The fraction of sp³-hybridized carbons (Fsp3) is 0.118. The summed E-state index contributed by atoms with van der Waals surface area (Å²) >= 11 is 0. The molecule has 0 fully saturated rings. The predicted molar refractivity (Wildman–Crippen MR) is 81.7 cm³/mol. The third-order valence-electron chi connectivity index (χ3n) is 3.42. The van der Waals surface area contributed by atoms with E-state index in [-0.39, 0.29) is 22.9 Å². The summed E-state index contributed by atoms with van der Waals surface area (Å²) < 4.78 is 32.3. The molecule has 0 aliphatic rings. The maximum atomic E-state index is 13.4. The molecule has 0 saturated carbocycles. The summed E-state index contributed by atoms with van der Waals surface area (Å²) in [4.78, 5) is 10.8. The molecule has 1 N–H and O–H groups in total. The molecule has 3 rings (SSSR count). The standard InChI is InChI=1S/C17H12F2N2O3/c1-17(18,19)13-4-2-3-12(9-13)15-21-20-14(24-15)10-5-7-11(8-6-10)16(22)23/h2-9H,1H3,(H,22,23). The highest BCUT2D eigenvalue weighted by molar-refractivity contribution is 5.88. The zero-order valence-electron chi connectivity index (χ0n) is 12.5. The first-order chi connectivity index (χ1) is 11.3. The van der Waals surface area contributed by atoms with Gasteiger partial charge in [0.1, 0.15) is 0 Å². The Bertz CT molecular complexity index is 883. The fourth-order valence-corrected chi connectivity index (χ4v) is 2.14. The lowest BCUT2D eigenvalue weighted by Crippen LogP contribution is -2.06. The molecule has 0 spiro atoms. The van der Waals surface area contributed by atoms with Gasteiger partial charge in [0.25, 0.3) is 5.92 Å². The Balaban J connectivity index is 1.92. The largest absolute Gasteiger partial charge is 0.478 e. The molecule has 0 aliphatic heterocycles. The van der Waals surface area contributed by atoms with Gasteiger partial charge in [-0.15, -0.1) is 10.2 Å². The molecule has 0 bridgehead atoms. The van der Waals surface area contributed by atoms with E-state index in [4.69, 9.17) is 9.52 Å². The molecule has 1 aromatic heterocycles. The zero-order chi connectivity index (χ0) is 17.3. The van der Waals surface area contributed by atoms with Crippen molar-refractivity contribution in [2.75, 3.05) is 0 Å². The molecular weight excluding hydrogens is 318 g/mol. The van der Waals surface area contributed by atoms with E-state index in [2.05, 4.69) is 10.2 Å². The van der Waals surface area contributed by atoms with Crippen molar-refractivity contribution in [2.45, 2.75) is 12.8 Å². The second-order valence-electron chi connectivity index (χ2n) is 5.26. The molecule has 0 unspecified atom stereocenters. The van der Waals surface area contributed by atoms with E-state index in [1.807, 2.05) is 0 Å². The second-order valence-corrected chi connectivity index (χ2v) is 5.26. The van der Waals surface area contributed by atoms with Gasteiger partial charge in [0.15, 0.2) is 0 Å². The molecule has 0 saturated heterocycles. The van der Waals surface area contributed by atoms with Crippen LogP contribution in [0.4, 0.5) is 8.78 Å². The van der Waals surface area contributed by atoms with Crippen molar-refractivity contribution in [3.8, 4) is 22.9 Å². The average Bonchev–Trinajstić information content (AvgIpc) is 3.04. The van der Waals surface area contributed by atoms with Gasteiger partial charge < -0.3 is 9.52 Å².